The molecule has 3 rings (SSSR count). The van der Waals surface area contributed by atoms with E-state index >= 15 is 0 Å². The van der Waals surface area contributed by atoms with Crippen molar-refractivity contribution in [3.8, 4) is 0 Å². The van der Waals surface area contributed by atoms with E-state index in [9.17, 15) is 0 Å². The summed E-state index contributed by atoms with van der Waals surface area (Å²) in [5.74, 6) is 1.05. The zero-order valence-corrected chi connectivity index (χ0v) is 13.5. The number of anilines is 1. The molecular formula is C15H17BrClN2O+. The normalized spacial score (nSPS) is 16.6. The average molecular weight is 357 g/mol. The number of nitrogens with zero attached hydrogens (tertiary/aromatic N) is 1. The van der Waals surface area contributed by atoms with Gasteiger partial charge in [0.25, 0.3) is 0 Å². The molecule has 3 nitrogen and oxygen atoms in total. The summed E-state index contributed by atoms with van der Waals surface area (Å²) in [6.45, 7) is 5.35. The van der Waals surface area contributed by atoms with Crippen LogP contribution in [-0.4, -0.2) is 26.2 Å². The topological polar surface area (TPSA) is 20.8 Å². The second-order valence-electron chi connectivity index (χ2n) is 5.10. The molecule has 2 heterocycles. The molecule has 1 fully saturated rings. The number of quaternary nitrogens is 1. The molecule has 0 atom stereocenters. The molecule has 5 heteroatoms. The first-order valence-corrected chi connectivity index (χ1v) is 7.96. The Morgan fingerprint density at radius 2 is 1.80 bits per heavy atom. The Balaban J connectivity index is 1.55. The van der Waals surface area contributed by atoms with E-state index in [1.807, 2.05) is 24.3 Å². The third-order valence-corrected chi connectivity index (χ3v) is 4.39. The predicted molar refractivity (Wildman–Crippen MR) is 84.5 cm³/mol. The third kappa shape index (κ3) is 3.37. The number of nitrogens with one attached hydrogen (secondary N) is 1. The number of halogens is 2. The minimum absolute atomic E-state index is 0.793. The Morgan fingerprint density at radius 1 is 1.10 bits per heavy atom. The summed E-state index contributed by atoms with van der Waals surface area (Å²) >= 11 is 9.28. The molecule has 1 aromatic carbocycles. The van der Waals surface area contributed by atoms with Gasteiger partial charge >= 0.3 is 0 Å². The summed E-state index contributed by atoms with van der Waals surface area (Å²) in [5, 5.41) is 0.793. The fourth-order valence-electron chi connectivity index (χ4n) is 2.60. The highest BCUT2D eigenvalue weighted by Crippen LogP contribution is 2.18. The summed E-state index contributed by atoms with van der Waals surface area (Å²) in [4.78, 5) is 3.98. The minimum atomic E-state index is 0.793. The van der Waals surface area contributed by atoms with Gasteiger partial charge in [-0.15, -0.1) is 0 Å². The van der Waals surface area contributed by atoms with Crippen molar-refractivity contribution in [2.45, 2.75) is 6.54 Å². The molecule has 0 spiro atoms. The van der Waals surface area contributed by atoms with Crippen molar-refractivity contribution >= 4 is 33.2 Å². The van der Waals surface area contributed by atoms with Crippen LogP contribution in [0.25, 0.3) is 0 Å². The van der Waals surface area contributed by atoms with E-state index in [4.69, 9.17) is 16.0 Å². The van der Waals surface area contributed by atoms with Crippen LogP contribution in [0, 0.1) is 0 Å². The number of hydrogen-bond donors (Lipinski definition) is 1. The standard InChI is InChI=1S/C15H16BrClN2O/c16-15-6-5-14(20-15)11-18-7-9-19(10-8-18)13-3-1-12(17)2-4-13/h1-6H,7-11H2/p+1. The van der Waals surface area contributed by atoms with Gasteiger partial charge in [0, 0.05) is 10.7 Å². The summed E-state index contributed by atoms with van der Waals surface area (Å²) in [6, 6.07) is 12.1. The molecule has 0 saturated carbocycles. The fourth-order valence-corrected chi connectivity index (χ4v) is 3.07. The first-order chi connectivity index (χ1) is 9.70. The molecular weight excluding hydrogens is 340 g/mol. The van der Waals surface area contributed by atoms with Gasteiger partial charge in [0.2, 0.25) is 0 Å². The van der Waals surface area contributed by atoms with Crippen molar-refractivity contribution in [2.75, 3.05) is 31.1 Å². The molecule has 1 aliphatic heterocycles. The van der Waals surface area contributed by atoms with Crippen molar-refractivity contribution in [1.29, 1.82) is 0 Å². The van der Waals surface area contributed by atoms with E-state index in [1.54, 1.807) is 4.90 Å². The zero-order valence-electron chi connectivity index (χ0n) is 11.1. The van der Waals surface area contributed by atoms with Gasteiger partial charge in [-0.05, 0) is 52.3 Å². The Hall–Kier alpha value is -0.970. The summed E-state index contributed by atoms with van der Waals surface area (Å²) < 4.78 is 6.39. The second kappa shape index (κ2) is 6.20. The van der Waals surface area contributed by atoms with E-state index < -0.39 is 0 Å². The lowest BCUT2D eigenvalue weighted by Crippen LogP contribution is -3.13. The quantitative estimate of drug-likeness (QED) is 0.912. The highest BCUT2D eigenvalue weighted by Gasteiger charge is 2.21. The number of rotatable bonds is 3. The Morgan fingerprint density at radius 3 is 2.40 bits per heavy atom. The Labute approximate surface area is 132 Å². The van der Waals surface area contributed by atoms with Crippen molar-refractivity contribution in [2.24, 2.45) is 0 Å². The zero-order chi connectivity index (χ0) is 13.9. The van der Waals surface area contributed by atoms with Crippen molar-refractivity contribution in [3.63, 3.8) is 0 Å². The maximum atomic E-state index is 5.93. The van der Waals surface area contributed by atoms with Gasteiger partial charge in [0.15, 0.2) is 10.4 Å². The summed E-state index contributed by atoms with van der Waals surface area (Å²) in [7, 11) is 0. The van der Waals surface area contributed by atoms with Crippen LogP contribution in [0.3, 0.4) is 0 Å². The molecule has 2 aromatic rings. The molecule has 20 heavy (non-hydrogen) atoms. The lowest BCUT2D eigenvalue weighted by Gasteiger charge is -2.33. The van der Waals surface area contributed by atoms with Crippen LogP contribution in [0.5, 0.6) is 0 Å². The van der Waals surface area contributed by atoms with E-state index in [1.165, 1.54) is 5.69 Å². The molecule has 1 saturated heterocycles. The first kappa shape index (κ1) is 14.0. The Bertz CT molecular complexity index is 562. The molecule has 1 aliphatic rings. The summed E-state index contributed by atoms with van der Waals surface area (Å²) in [5.41, 5.74) is 1.26. The predicted octanol–water partition coefficient (Wildman–Crippen LogP) is 2.60. The van der Waals surface area contributed by atoms with Crippen molar-refractivity contribution < 1.29 is 9.32 Å². The smallest absolute Gasteiger partial charge is 0.169 e. The van der Waals surface area contributed by atoms with Crippen LogP contribution in [0.15, 0.2) is 45.5 Å². The average Bonchev–Trinajstić information content (AvgIpc) is 2.86. The molecule has 106 valence electrons. The van der Waals surface area contributed by atoms with Crippen LogP contribution in [-0.2, 0) is 6.54 Å². The van der Waals surface area contributed by atoms with E-state index in [0.29, 0.717) is 0 Å². The van der Waals surface area contributed by atoms with Gasteiger partial charge in [-0.3, -0.25) is 0 Å². The highest BCUT2D eigenvalue weighted by atomic mass is 79.9. The summed E-state index contributed by atoms with van der Waals surface area (Å²) in [6.07, 6.45) is 0. The molecule has 0 aliphatic carbocycles. The van der Waals surface area contributed by atoms with Gasteiger partial charge in [-0.1, -0.05) is 11.6 Å². The van der Waals surface area contributed by atoms with Crippen LogP contribution >= 0.6 is 27.5 Å². The van der Waals surface area contributed by atoms with Gasteiger partial charge in [0.1, 0.15) is 6.54 Å². The van der Waals surface area contributed by atoms with E-state index in [2.05, 4.69) is 33.0 Å². The van der Waals surface area contributed by atoms with Crippen LogP contribution in [0.1, 0.15) is 5.76 Å². The van der Waals surface area contributed by atoms with Crippen LogP contribution < -0.4 is 9.80 Å². The highest BCUT2D eigenvalue weighted by molar-refractivity contribution is 9.10. The van der Waals surface area contributed by atoms with Crippen molar-refractivity contribution in [1.82, 2.24) is 0 Å². The molecule has 0 amide bonds. The number of hydrogen-bond acceptors (Lipinski definition) is 2. The Kier molecular flexibility index (Phi) is 4.34. The first-order valence-electron chi connectivity index (χ1n) is 6.79. The number of furan rings is 1. The minimum Gasteiger partial charge on any atom is -0.448 e. The largest absolute Gasteiger partial charge is 0.448 e. The second-order valence-corrected chi connectivity index (χ2v) is 6.31. The van der Waals surface area contributed by atoms with Gasteiger partial charge in [-0.25, -0.2) is 0 Å². The molecule has 0 radical (unpaired) electrons. The molecule has 0 bridgehead atoms. The van der Waals surface area contributed by atoms with Gasteiger partial charge in [-0.2, -0.15) is 0 Å². The molecule has 0 unspecified atom stereocenters. The van der Waals surface area contributed by atoms with Crippen LogP contribution in [0.4, 0.5) is 5.69 Å². The van der Waals surface area contributed by atoms with E-state index in [0.717, 1.165) is 48.2 Å². The third-order valence-electron chi connectivity index (χ3n) is 3.72. The number of benzene rings is 1. The van der Waals surface area contributed by atoms with E-state index in [-0.39, 0.29) is 0 Å². The SMILES string of the molecule is Clc1ccc(N2CC[NH+](Cc3ccc(Br)o3)CC2)cc1. The number of piperazine rings is 1. The lowest BCUT2D eigenvalue weighted by atomic mass is 10.2. The van der Waals surface area contributed by atoms with Gasteiger partial charge in [0.05, 0.1) is 26.2 Å². The monoisotopic (exact) mass is 355 g/mol. The molecule has 1 N–H and O–H groups in total. The van der Waals surface area contributed by atoms with Crippen LogP contribution in [0.2, 0.25) is 5.02 Å². The maximum absolute atomic E-state index is 5.93. The fraction of sp³-hybridized carbons (Fsp3) is 0.333. The molecule has 1 aromatic heterocycles. The maximum Gasteiger partial charge on any atom is 0.169 e. The van der Waals surface area contributed by atoms with Crippen molar-refractivity contribution in [3.05, 3.63) is 51.9 Å². The van der Waals surface area contributed by atoms with Gasteiger partial charge < -0.3 is 14.2 Å². The lowest BCUT2D eigenvalue weighted by molar-refractivity contribution is -0.915.